The van der Waals surface area contributed by atoms with Crippen molar-refractivity contribution >= 4 is 30.4 Å². The molecule has 2 aliphatic heterocycles. The van der Waals surface area contributed by atoms with Gasteiger partial charge in [-0.1, -0.05) is 30.3 Å². The van der Waals surface area contributed by atoms with E-state index in [1.54, 1.807) is 0 Å². The van der Waals surface area contributed by atoms with Gasteiger partial charge in [-0.15, -0.1) is 0 Å². The lowest BCUT2D eigenvalue weighted by Gasteiger charge is -2.40. The molecule has 134 valence electrons. The maximum absolute atomic E-state index is 6.87. The number of ether oxygens (including phenoxy) is 2. The molecule has 1 aromatic carbocycles. The van der Waals surface area contributed by atoms with Gasteiger partial charge in [-0.2, -0.15) is 0 Å². The Morgan fingerprint density at radius 1 is 0.833 bits per heavy atom. The number of hydrogen-bond acceptors (Lipinski definition) is 4. The summed E-state index contributed by atoms with van der Waals surface area (Å²) in [7, 11) is -6.15. The highest BCUT2D eigenvalue weighted by Gasteiger charge is 2.47. The standard InChI is InChI=1S/C17H30O4Si3/c1-22(2,13-15-11-18-15)20-24(5,17-9-7-6-8-10-17)21-23(3,4)14-16-12-19-16/h6-10,15-16H,11-14H2,1-5H3. The number of rotatable bonds is 9. The number of epoxide rings is 2. The third-order valence-corrected chi connectivity index (χ3v) is 16.3. The second-order valence-electron chi connectivity index (χ2n) is 8.35. The highest BCUT2D eigenvalue weighted by molar-refractivity contribution is 6.94. The first-order valence-corrected chi connectivity index (χ1v) is 17.4. The van der Waals surface area contributed by atoms with Gasteiger partial charge >= 0.3 is 8.56 Å². The Kier molecular flexibility index (Phi) is 5.23. The van der Waals surface area contributed by atoms with Crippen LogP contribution in [-0.4, -0.2) is 50.6 Å². The minimum absolute atomic E-state index is 0.408. The molecule has 0 aromatic heterocycles. The second kappa shape index (κ2) is 6.79. The van der Waals surface area contributed by atoms with Gasteiger partial charge in [0.05, 0.1) is 25.4 Å². The summed E-state index contributed by atoms with van der Waals surface area (Å²) >= 11 is 0. The molecule has 24 heavy (non-hydrogen) atoms. The third kappa shape index (κ3) is 5.35. The van der Waals surface area contributed by atoms with Crippen molar-refractivity contribution in [2.75, 3.05) is 13.2 Å². The molecular formula is C17H30O4Si3. The second-order valence-corrected chi connectivity index (χ2v) is 20.3. The molecule has 2 unspecified atom stereocenters. The molecule has 3 rings (SSSR count). The van der Waals surface area contributed by atoms with Crippen molar-refractivity contribution in [2.24, 2.45) is 0 Å². The summed E-state index contributed by atoms with van der Waals surface area (Å²) in [6.45, 7) is 13.2. The van der Waals surface area contributed by atoms with Crippen molar-refractivity contribution in [2.45, 2.75) is 57.0 Å². The highest BCUT2D eigenvalue weighted by atomic mass is 28.5. The average Bonchev–Trinajstić information content (AvgIpc) is 3.36. The molecule has 0 N–H and O–H groups in total. The lowest BCUT2D eigenvalue weighted by molar-refractivity contribution is 0.375. The van der Waals surface area contributed by atoms with Crippen molar-refractivity contribution in [3.8, 4) is 0 Å². The van der Waals surface area contributed by atoms with E-state index in [2.05, 4.69) is 63.1 Å². The van der Waals surface area contributed by atoms with Crippen molar-refractivity contribution < 1.29 is 17.7 Å². The molecule has 1 aromatic rings. The minimum atomic E-state index is -2.46. The van der Waals surface area contributed by atoms with E-state index in [-0.39, 0.29) is 0 Å². The first kappa shape index (κ1) is 18.5. The van der Waals surface area contributed by atoms with Crippen LogP contribution < -0.4 is 5.19 Å². The van der Waals surface area contributed by atoms with E-state index in [1.807, 2.05) is 0 Å². The maximum atomic E-state index is 6.87. The largest absolute Gasteiger partial charge is 0.433 e. The van der Waals surface area contributed by atoms with Gasteiger partial charge in [0.2, 0.25) is 0 Å². The van der Waals surface area contributed by atoms with E-state index in [1.165, 1.54) is 5.19 Å². The molecule has 2 saturated heterocycles. The van der Waals surface area contributed by atoms with E-state index in [4.69, 9.17) is 17.7 Å². The summed E-state index contributed by atoms with van der Waals surface area (Å²) < 4.78 is 24.6. The van der Waals surface area contributed by atoms with E-state index >= 15 is 0 Å². The minimum Gasteiger partial charge on any atom is -0.433 e. The monoisotopic (exact) mass is 382 g/mol. The molecule has 0 radical (unpaired) electrons. The number of benzene rings is 1. The Morgan fingerprint density at radius 2 is 1.25 bits per heavy atom. The summed E-state index contributed by atoms with van der Waals surface area (Å²) in [6.07, 6.45) is 0.816. The van der Waals surface area contributed by atoms with Crippen molar-refractivity contribution in [1.29, 1.82) is 0 Å². The van der Waals surface area contributed by atoms with Gasteiger partial charge in [-0.3, -0.25) is 0 Å². The Hall–Kier alpha value is -0.289. The normalized spacial score (nSPS) is 26.0. The summed E-state index contributed by atoms with van der Waals surface area (Å²) in [5.74, 6) is 0. The summed E-state index contributed by atoms with van der Waals surface area (Å²) in [4.78, 5) is 0. The Morgan fingerprint density at radius 3 is 1.62 bits per heavy atom. The predicted octanol–water partition coefficient (Wildman–Crippen LogP) is 3.21. The van der Waals surface area contributed by atoms with Crippen LogP contribution in [0.1, 0.15) is 0 Å². The van der Waals surface area contributed by atoms with Gasteiger partial charge in [0.15, 0.2) is 16.6 Å². The third-order valence-electron chi connectivity index (χ3n) is 4.48. The van der Waals surface area contributed by atoms with Crippen LogP contribution in [0.25, 0.3) is 0 Å². The lowest BCUT2D eigenvalue weighted by atomic mass is 10.4. The molecule has 0 saturated carbocycles. The smallest absolute Gasteiger partial charge is 0.348 e. The maximum Gasteiger partial charge on any atom is 0.348 e. The Labute approximate surface area is 149 Å². The molecule has 0 aliphatic carbocycles. The molecule has 2 atom stereocenters. The quantitative estimate of drug-likeness (QED) is 0.486. The molecular weight excluding hydrogens is 352 g/mol. The van der Waals surface area contributed by atoms with Crippen LogP contribution in [0.15, 0.2) is 30.3 Å². The molecule has 0 amide bonds. The van der Waals surface area contributed by atoms with Crippen LogP contribution in [0.4, 0.5) is 0 Å². The van der Waals surface area contributed by atoms with Crippen LogP contribution in [0.3, 0.4) is 0 Å². The highest BCUT2D eigenvalue weighted by Crippen LogP contribution is 2.31. The fourth-order valence-electron chi connectivity index (χ4n) is 3.49. The van der Waals surface area contributed by atoms with Gasteiger partial charge in [-0.25, -0.2) is 0 Å². The zero-order valence-electron chi connectivity index (χ0n) is 15.5. The summed E-state index contributed by atoms with van der Waals surface area (Å²) in [6, 6.07) is 12.7. The Balaban J connectivity index is 1.79. The van der Waals surface area contributed by atoms with Gasteiger partial charge in [0.25, 0.3) is 0 Å². The van der Waals surface area contributed by atoms with Gasteiger partial charge < -0.3 is 17.7 Å². The molecule has 4 nitrogen and oxygen atoms in total. The van der Waals surface area contributed by atoms with Crippen molar-refractivity contribution in [3.63, 3.8) is 0 Å². The topological polar surface area (TPSA) is 43.5 Å². The van der Waals surface area contributed by atoms with Crippen LogP contribution >= 0.6 is 0 Å². The van der Waals surface area contributed by atoms with Gasteiger partial charge in [0.1, 0.15) is 0 Å². The fraction of sp³-hybridized carbons (Fsp3) is 0.647. The summed E-state index contributed by atoms with van der Waals surface area (Å²) in [5, 5.41) is 1.24. The molecule has 0 bridgehead atoms. The molecule has 2 aliphatic rings. The Bertz CT molecular complexity index is 528. The van der Waals surface area contributed by atoms with Crippen molar-refractivity contribution in [3.05, 3.63) is 30.3 Å². The van der Waals surface area contributed by atoms with E-state index in [0.29, 0.717) is 12.2 Å². The zero-order valence-corrected chi connectivity index (χ0v) is 18.5. The molecule has 7 heteroatoms. The van der Waals surface area contributed by atoms with Crippen molar-refractivity contribution in [1.82, 2.24) is 0 Å². The van der Waals surface area contributed by atoms with E-state index in [0.717, 1.165) is 25.3 Å². The fourth-order valence-corrected chi connectivity index (χ4v) is 17.5. The zero-order chi connectivity index (χ0) is 17.4. The first-order chi connectivity index (χ1) is 11.2. The van der Waals surface area contributed by atoms with Gasteiger partial charge in [-0.05, 0) is 50.0 Å². The average molecular weight is 383 g/mol. The lowest BCUT2D eigenvalue weighted by Crippen LogP contribution is -2.61. The molecule has 0 spiro atoms. The predicted molar refractivity (Wildman–Crippen MR) is 104 cm³/mol. The number of hydrogen-bond donors (Lipinski definition) is 0. The van der Waals surface area contributed by atoms with Gasteiger partial charge in [0, 0.05) is 0 Å². The van der Waals surface area contributed by atoms with E-state index in [9.17, 15) is 0 Å². The SMILES string of the molecule is C[Si](C)(CC1CO1)O[Si](C)(O[Si](C)(C)CC1CO1)c1ccccc1. The molecule has 2 heterocycles. The van der Waals surface area contributed by atoms with Crippen LogP contribution in [-0.2, 0) is 17.7 Å². The van der Waals surface area contributed by atoms with E-state index < -0.39 is 25.2 Å². The van der Waals surface area contributed by atoms with Crippen LogP contribution in [0, 0.1) is 0 Å². The van der Waals surface area contributed by atoms with Crippen LogP contribution in [0.2, 0.25) is 44.8 Å². The summed E-state index contributed by atoms with van der Waals surface area (Å²) in [5.41, 5.74) is 0. The molecule has 2 fully saturated rings. The first-order valence-electron chi connectivity index (χ1n) is 8.87. The van der Waals surface area contributed by atoms with Crippen LogP contribution in [0.5, 0.6) is 0 Å².